The Bertz CT molecular complexity index is 56.9. The number of nitrogens with two attached hydrogens (primary N) is 1. The van der Waals surface area contributed by atoms with E-state index in [1.54, 1.807) is 0 Å². The number of alkyl halides is 1. The maximum atomic E-state index is 12.3. The number of hydrogen-bond donors (Lipinski definition) is 1. The van der Waals surface area contributed by atoms with Gasteiger partial charge in [-0.05, 0) is 25.7 Å². The molecule has 0 aliphatic heterocycles. The van der Waals surface area contributed by atoms with Crippen molar-refractivity contribution in [3.05, 3.63) is 0 Å². The van der Waals surface area contributed by atoms with Crippen LogP contribution in [0, 0.1) is 0 Å². The number of hydrogen-bond acceptors (Lipinski definition) is 1. The predicted octanol–water partition coefficient (Wildman–Crippen LogP) is 1.23. The van der Waals surface area contributed by atoms with Gasteiger partial charge in [0.05, 0.1) is 0 Å². The molecule has 48 valence electrons. The van der Waals surface area contributed by atoms with E-state index < -0.39 is 6.17 Å². The third-order valence-corrected chi connectivity index (χ3v) is 1.70. The Morgan fingerprint density at radius 1 is 1.12 bits per heavy atom. The molecule has 1 nitrogen and oxygen atoms in total. The van der Waals surface area contributed by atoms with Crippen LogP contribution in [-0.2, 0) is 0 Å². The van der Waals surface area contributed by atoms with Crippen LogP contribution in [0.2, 0.25) is 0 Å². The van der Waals surface area contributed by atoms with Gasteiger partial charge >= 0.3 is 0 Å². The van der Waals surface area contributed by atoms with E-state index >= 15 is 0 Å². The van der Waals surface area contributed by atoms with Gasteiger partial charge in [0.2, 0.25) is 0 Å². The van der Waals surface area contributed by atoms with Gasteiger partial charge < -0.3 is 5.73 Å². The monoisotopic (exact) mass is 117 g/mol. The van der Waals surface area contributed by atoms with Gasteiger partial charge in [-0.15, -0.1) is 0 Å². The minimum Gasteiger partial charge on any atom is -0.328 e. The van der Waals surface area contributed by atoms with E-state index in [1.165, 1.54) is 0 Å². The van der Waals surface area contributed by atoms with Crippen LogP contribution in [0.25, 0.3) is 0 Å². The molecule has 0 atom stereocenters. The maximum absolute atomic E-state index is 12.3. The first-order chi connectivity index (χ1) is 3.79. The zero-order valence-corrected chi connectivity index (χ0v) is 4.94. The van der Waals surface area contributed by atoms with E-state index in [0.29, 0.717) is 12.8 Å². The first kappa shape index (κ1) is 6.02. The summed E-state index contributed by atoms with van der Waals surface area (Å²) >= 11 is 0. The third-order valence-electron chi connectivity index (χ3n) is 1.70. The molecule has 0 aromatic heterocycles. The van der Waals surface area contributed by atoms with Crippen LogP contribution in [0.1, 0.15) is 25.7 Å². The zero-order valence-electron chi connectivity index (χ0n) is 4.94. The van der Waals surface area contributed by atoms with E-state index in [1.807, 2.05) is 0 Å². The second-order valence-corrected chi connectivity index (χ2v) is 2.51. The second kappa shape index (κ2) is 2.44. The summed E-state index contributed by atoms with van der Waals surface area (Å²) in [5.41, 5.74) is 5.53. The lowest BCUT2D eigenvalue weighted by atomic mass is 9.95. The van der Waals surface area contributed by atoms with Crippen molar-refractivity contribution in [2.75, 3.05) is 0 Å². The fraction of sp³-hybridized carbons (Fsp3) is 1.00. The number of rotatable bonds is 0. The molecule has 0 bridgehead atoms. The summed E-state index contributed by atoms with van der Waals surface area (Å²) in [6.07, 6.45) is 2.56. The van der Waals surface area contributed by atoms with Gasteiger partial charge in [0.25, 0.3) is 0 Å². The third kappa shape index (κ3) is 1.44. The fourth-order valence-corrected chi connectivity index (χ4v) is 1.08. The second-order valence-electron chi connectivity index (χ2n) is 2.51. The van der Waals surface area contributed by atoms with Crippen LogP contribution in [0.4, 0.5) is 4.39 Å². The number of halogens is 1. The minimum atomic E-state index is -0.560. The van der Waals surface area contributed by atoms with Crippen molar-refractivity contribution in [2.45, 2.75) is 37.9 Å². The molecule has 2 N–H and O–H groups in total. The van der Waals surface area contributed by atoms with E-state index in [4.69, 9.17) is 5.73 Å². The van der Waals surface area contributed by atoms with Gasteiger partial charge in [-0.3, -0.25) is 0 Å². The van der Waals surface area contributed by atoms with Gasteiger partial charge in [-0.1, -0.05) is 0 Å². The zero-order chi connectivity index (χ0) is 5.98. The van der Waals surface area contributed by atoms with E-state index in [9.17, 15) is 4.39 Å². The van der Waals surface area contributed by atoms with Gasteiger partial charge in [-0.2, -0.15) is 0 Å². The average molecular weight is 117 g/mol. The molecule has 2 heteroatoms. The van der Waals surface area contributed by atoms with Crippen molar-refractivity contribution in [1.82, 2.24) is 0 Å². The van der Waals surface area contributed by atoms with Crippen molar-refractivity contribution < 1.29 is 4.39 Å². The van der Waals surface area contributed by atoms with E-state index in [2.05, 4.69) is 0 Å². The Hall–Kier alpha value is -0.110. The molecule has 0 heterocycles. The van der Waals surface area contributed by atoms with Crippen molar-refractivity contribution >= 4 is 0 Å². The van der Waals surface area contributed by atoms with E-state index in [-0.39, 0.29) is 6.04 Å². The lowest BCUT2D eigenvalue weighted by molar-refractivity contribution is 0.236. The molecule has 1 aliphatic carbocycles. The fourth-order valence-electron chi connectivity index (χ4n) is 1.08. The van der Waals surface area contributed by atoms with E-state index in [0.717, 1.165) is 12.8 Å². The Labute approximate surface area is 49.1 Å². The van der Waals surface area contributed by atoms with Gasteiger partial charge in [0.15, 0.2) is 0 Å². The molecule has 0 radical (unpaired) electrons. The van der Waals surface area contributed by atoms with Gasteiger partial charge in [0.1, 0.15) is 6.17 Å². The van der Waals surface area contributed by atoms with Crippen molar-refractivity contribution in [2.24, 2.45) is 5.73 Å². The lowest BCUT2D eigenvalue weighted by Crippen LogP contribution is -2.26. The summed E-state index contributed by atoms with van der Waals surface area (Å²) in [6, 6.07) is 0.280. The molecule has 0 aromatic rings. The van der Waals surface area contributed by atoms with Crippen LogP contribution in [-0.4, -0.2) is 12.2 Å². The van der Waals surface area contributed by atoms with Crippen molar-refractivity contribution in [3.63, 3.8) is 0 Å². The Kier molecular flexibility index (Phi) is 1.84. The van der Waals surface area contributed by atoms with Crippen LogP contribution < -0.4 is 5.73 Å². The van der Waals surface area contributed by atoms with Crippen LogP contribution in [0.5, 0.6) is 0 Å². The molecule has 1 fully saturated rings. The first-order valence-corrected chi connectivity index (χ1v) is 3.18. The lowest BCUT2D eigenvalue weighted by Gasteiger charge is -2.19. The Balaban J connectivity index is 2.19. The Morgan fingerprint density at radius 2 is 1.62 bits per heavy atom. The molecular weight excluding hydrogens is 105 g/mol. The molecule has 0 amide bonds. The average Bonchev–Trinajstić information content (AvgIpc) is 1.77. The highest BCUT2D eigenvalue weighted by molar-refractivity contribution is 4.72. The molecule has 0 saturated heterocycles. The van der Waals surface area contributed by atoms with Crippen molar-refractivity contribution in [3.8, 4) is 0 Å². The molecule has 8 heavy (non-hydrogen) atoms. The largest absolute Gasteiger partial charge is 0.328 e. The highest BCUT2D eigenvalue weighted by Crippen LogP contribution is 2.18. The molecular formula is C6H12FN. The van der Waals surface area contributed by atoms with Crippen LogP contribution in [0.3, 0.4) is 0 Å². The summed E-state index contributed by atoms with van der Waals surface area (Å²) in [6.45, 7) is 0. The molecule has 0 spiro atoms. The normalized spacial score (nSPS) is 39.8. The van der Waals surface area contributed by atoms with Crippen LogP contribution >= 0.6 is 0 Å². The summed E-state index contributed by atoms with van der Waals surface area (Å²) in [7, 11) is 0. The maximum Gasteiger partial charge on any atom is 0.100 e. The van der Waals surface area contributed by atoms with Crippen LogP contribution in [0.15, 0.2) is 0 Å². The highest BCUT2D eigenvalue weighted by Gasteiger charge is 2.16. The molecule has 1 rings (SSSR count). The quantitative estimate of drug-likeness (QED) is 0.507. The summed E-state index contributed by atoms with van der Waals surface area (Å²) in [4.78, 5) is 0. The smallest absolute Gasteiger partial charge is 0.100 e. The Morgan fingerprint density at radius 3 is 2.00 bits per heavy atom. The highest BCUT2D eigenvalue weighted by atomic mass is 19.1. The predicted molar refractivity (Wildman–Crippen MR) is 31.3 cm³/mol. The van der Waals surface area contributed by atoms with Crippen molar-refractivity contribution in [1.29, 1.82) is 0 Å². The first-order valence-electron chi connectivity index (χ1n) is 3.18. The molecule has 0 aromatic carbocycles. The van der Waals surface area contributed by atoms with Gasteiger partial charge in [0, 0.05) is 6.04 Å². The summed E-state index contributed by atoms with van der Waals surface area (Å²) < 4.78 is 12.3. The molecule has 1 saturated carbocycles. The molecule has 0 unspecified atom stereocenters. The standard InChI is InChI=1S/C6H12FN/c7-5-1-3-6(8)4-2-5/h5-6H,1-4,8H2/t5-,6-. The summed E-state index contributed by atoms with van der Waals surface area (Å²) in [5.74, 6) is 0. The summed E-state index contributed by atoms with van der Waals surface area (Å²) in [5, 5.41) is 0. The topological polar surface area (TPSA) is 26.0 Å². The minimum absolute atomic E-state index is 0.280. The SMILES string of the molecule is N[C@H]1CC[C@H](F)CC1. The van der Waals surface area contributed by atoms with Gasteiger partial charge in [-0.25, -0.2) is 4.39 Å². The molecule has 1 aliphatic rings.